The van der Waals surface area contributed by atoms with E-state index in [1.165, 1.54) is 6.07 Å². The summed E-state index contributed by atoms with van der Waals surface area (Å²) in [4.78, 5) is 40.1. The molecular formula is C16H13N3O3S. The van der Waals surface area contributed by atoms with Gasteiger partial charge in [0.05, 0.1) is 6.07 Å². The molecule has 2 heterocycles. The Balaban J connectivity index is 1.94. The first-order valence-corrected chi connectivity index (χ1v) is 7.96. The van der Waals surface area contributed by atoms with Crippen molar-refractivity contribution in [3.63, 3.8) is 0 Å². The lowest BCUT2D eigenvalue weighted by atomic mass is 9.84. The topological polar surface area (TPSA) is 103 Å². The van der Waals surface area contributed by atoms with Gasteiger partial charge in [0, 0.05) is 28.5 Å². The molecule has 2 aromatic rings. The number of H-pyrrole nitrogens is 1. The summed E-state index contributed by atoms with van der Waals surface area (Å²) < 4.78 is 0. The molecule has 0 bridgehead atoms. The number of carbonyl (C=O) groups excluding carboxylic acids is 2. The average Bonchev–Trinajstić information content (AvgIpc) is 3.06. The molecule has 7 heteroatoms. The van der Waals surface area contributed by atoms with Crippen LogP contribution in [0.15, 0.2) is 28.4 Å². The molecule has 0 fully saturated rings. The van der Waals surface area contributed by atoms with Crippen molar-refractivity contribution in [3.05, 3.63) is 55.6 Å². The second-order valence-corrected chi connectivity index (χ2v) is 6.27. The lowest BCUT2D eigenvalue weighted by Crippen LogP contribution is -2.32. The molecule has 1 aliphatic rings. The molecule has 2 N–H and O–H groups in total. The summed E-state index contributed by atoms with van der Waals surface area (Å²) >= 11 is 1.59. The molecule has 6 nitrogen and oxygen atoms in total. The number of nitrogens with one attached hydrogen (secondary N) is 2. The van der Waals surface area contributed by atoms with Gasteiger partial charge < -0.3 is 10.3 Å². The summed E-state index contributed by atoms with van der Waals surface area (Å²) in [6.07, 6.45) is 0.926. The largest absolute Gasteiger partial charge is 0.339 e. The van der Waals surface area contributed by atoms with Crippen molar-refractivity contribution in [1.29, 1.82) is 5.26 Å². The lowest BCUT2D eigenvalue weighted by molar-refractivity contribution is 0.0957. The van der Waals surface area contributed by atoms with Crippen LogP contribution in [0.5, 0.6) is 0 Å². The van der Waals surface area contributed by atoms with Crippen molar-refractivity contribution in [2.75, 3.05) is 6.54 Å². The van der Waals surface area contributed by atoms with E-state index >= 15 is 0 Å². The van der Waals surface area contributed by atoms with Gasteiger partial charge in [0.25, 0.3) is 11.5 Å². The molecule has 1 atom stereocenters. The minimum atomic E-state index is -0.649. The van der Waals surface area contributed by atoms with E-state index in [2.05, 4.69) is 10.3 Å². The highest BCUT2D eigenvalue weighted by Crippen LogP contribution is 2.33. The highest BCUT2D eigenvalue weighted by Gasteiger charge is 2.29. The zero-order valence-corrected chi connectivity index (χ0v) is 12.9. The molecule has 0 aromatic carbocycles. The maximum Gasteiger partial charge on any atom is 0.261 e. The number of hydrogen-bond acceptors (Lipinski definition) is 5. The first-order chi connectivity index (χ1) is 11.1. The molecule has 1 amide bonds. The van der Waals surface area contributed by atoms with Crippen molar-refractivity contribution in [2.45, 2.75) is 18.8 Å². The molecule has 23 heavy (non-hydrogen) atoms. The van der Waals surface area contributed by atoms with E-state index in [-0.39, 0.29) is 23.8 Å². The van der Waals surface area contributed by atoms with Gasteiger partial charge in [-0.2, -0.15) is 5.26 Å². The summed E-state index contributed by atoms with van der Waals surface area (Å²) in [5, 5.41) is 12.8. The highest BCUT2D eigenvalue weighted by atomic mass is 32.1. The second kappa shape index (κ2) is 6.18. The van der Waals surface area contributed by atoms with Crippen LogP contribution in [0.25, 0.3) is 0 Å². The maximum atomic E-state index is 12.4. The van der Waals surface area contributed by atoms with Gasteiger partial charge in [0.1, 0.15) is 12.1 Å². The molecule has 0 saturated carbocycles. The van der Waals surface area contributed by atoms with Gasteiger partial charge in [-0.15, -0.1) is 11.3 Å². The van der Waals surface area contributed by atoms with E-state index in [0.717, 1.165) is 4.88 Å². The highest BCUT2D eigenvalue weighted by molar-refractivity contribution is 7.10. The Morgan fingerprint density at radius 1 is 1.43 bits per heavy atom. The number of carbonyl (C=O) groups is 2. The predicted molar refractivity (Wildman–Crippen MR) is 84.7 cm³/mol. The number of aromatic nitrogens is 1. The van der Waals surface area contributed by atoms with E-state index in [4.69, 9.17) is 5.26 Å². The zero-order chi connectivity index (χ0) is 16.4. The Morgan fingerprint density at radius 3 is 2.96 bits per heavy atom. The fourth-order valence-corrected chi connectivity index (χ4v) is 3.57. The van der Waals surface area contributed by atoms with Gasteiger partial charge in [-0.3, -0.25) is 14.4 Å². The van der Waals surface area contributed by atoms with Crippen molar-refractivity contribution < 1.29 is 9.59 Å². The minimum Gasteiger partial charge on any atom is -0.339 e. The van der Waals surface area contributed by atoms with Gasteiger partial charge in [-0.1, -0.05) is 6.07 Å². The van der Waals surface area contributed by atoms with Crippen LogP contribution in [0.2, 0.25) is 0 Å². The number of pyridine rings is 1. The van der Waals surface area contributed by atoms with Crippen molar-refractivity contribution in [3.8, 4) is 6.07 Å². The number of Topliss-reactive ketones (excluding diaryl/α,β-unsaturated/α-hetero) is 1. The van der Waals surface area contributed by atoms with Crippen LogP contribution in [-0.4, -0.2) is 23.2 Å². The Hall–Kier alpha value is -2.72. The van der Waals surface area contributed by atoms with Gasteiger partial charge in [0.15, 0.2) is 5.78 Å². The van der Waals surface area contributed by atoms with E-state index in [0.29, 0.717) is 24.1 Å². The molecule has 3 rings (SSSR count). The molecule has 1 unspecified atom stereocenters. The fourth-order valence-electron chi connectivity index (χ4n) is 2.74. The Kier molecular flexibility index (Phi) is 4.08. The smallest absolute Gasteiger partial charge is 0.261 e. The van der Waals surface area contributed by atoms with Crippen LogP contribution in [-0.2, 0) is 6.42 Å². The second-order valence-electron chi connectivity index (χ2n) is 5.29. The zero-order valence-electron chi connectivity index (χ0n) is 12.1. The molecule has 116 valence electrons. The fraction of sp³-hybridized carbons (Fsp3) is 0.250. The normalized spacial score (nSPS) is 16.5. The SMILES string of the molecule is N#CCNC(=O)c1cc2c([nH]c1=O)CC(c1cccs1)CC2=O. The molecule has 2 aromatic heterocycles. The third-order valence-corrected chi connectivity index (χ3v) is 4.86. The first-order valence-electron chi connectivity index (χ1n) is 7.08. The standard InChI is InChI=1S/C16H13N3O3S/c17-3-4-18-15(21)11-8-10-12(19-16(11)22)6-9(7-13(10)20)14-2-1-5-23-14/h1-2,5,8-9H,4,6-7H2,(H,18,21)(H,19,22). The summed E-state index contributed by atoms with van der Waals surface area (Å²) in [6.45, 7) is -0.191. The molecule has 0 spiro atoms. The van der Waals surface area contributed by atoms with Crippen LogP contribution in [0.4, 0.5) is 0 Å². The van der Waals surface area contributed by atoms with Crippen LogP contribution in [0.3, 0.4) is 0 Å². The van der Waals surface area contributed by atoms with Gasteiger partial charge in [-0.25, -0.2) is 0 Å². The lowest BCUT2D eigenvalue weighted by Gasteiger charge is -2.22. The molecule has 0 radical (unpaired) electrons. The van der Waals surface area contributed by atoms with Crippen molar-refractivity contribution in [1.82, 2.24) is 10.3 Å². The summed E-state index contributed by atoms with van der Waals surface area (Å²) in [5.74, 6) is -0.678. The predicted octanol–water partition coefficient (Wildman–Crippen LogP) is 1.60. The van der Waals surface area contributed by atoms with Crippen LogP contribution in [0.1, 0.15) is 43.6 Å². The minimum absolute atomic E-state index is 0.0592. The molecule has 0 aliphatic heterocycles. The number of aromatic amines is 1. The number of amides is 1. The molecule has 0 saturated heterocycles. The van der Waals surface area contributed by atoms with Gasteiger partial charge >= 0.3 is 0 Å². The monoisotopic (exact) mass is 327 g/mol. The number of nitrogens with zero attached hydrogens (tertiary/aromatic N) is 1. The van der Waals surface area contributed by atoms with Crippen LogP contribution < -0.4 is 10.9 Å². The Bertz CT molecular complexity index is 862. The molecular weight excluding hydrogens is 314 g/mol. The van der Waals surface area contributed by atoms with E-state index < -0.39 is 11.5 Å². The van der Waals surface area contributed by atoms with E-state index in [1.807, 2.05) is 17.5 Å². The molecule has 1 aliphatic carbocycles. The van der Waals surface area contributed by atoms with Crippen molar-refractivity contribution >= 4 is 23.0 Å². The van der Waals surface area contributed by atoms with E-state index in [1.54, 1.807) is 17.4 Å². The van der Waals surface area contributed by atoms with Gasteiger partial charge in [0.2, 0.25) is 0 Å². The third kappa shape index (κ3) is 2.94. The number of ketones is 1. The number of hydrogen-bond donors (Lipinski definition) is 2. The van der Waals surface area contributed by atoms with Crippen LogP contribution in [0, 0.1) is 11.3 Å². The quantitative estimate of drug-likeness (QED) is 0.836. The Morgan fingerprint density at radius 2 is 2.26 bits per heavy atom. The average molecular weight is 327 g/mol. The number of nitriles is 1. The number of rotatable bonds is 3. The summed E-state index contributed by atoms with van der Waals surface area (Å²) in [7, 11) is 0. The summed E-state index contributed by atoms with van der Waals surface area (Å²) in [5.41, 5.74) is 0.279. The number of fused-ring (bicyclic) bond motifs is 1. The first kappa shape index (κ1) is 15.2. The van der Waals surface area contributed by atoms with Crippen molar-refractivity contribution in [2.24, 2.45) is 0 Å². The number of thiophene rings is 1. The van der Waals surface area contributed by atoms with E-state index in [9.17, 15) is 14.4 Å². The Labute approximate surface area is 135 Å². The van der Waals surface area contributed by atoms with Gasteiger partial charge in [-0.05, 0) is 23.9 Å². The third-order valence-electron chi connectivity index (χ3n) is 3.82. The summed E-state index contributed by atoms with van der Waals surface area (Å²) in [6, 6.07) is 7.03. The van der Waals surface area contributed by atoms with Crippen LogP contribution >= 0.6 is 11.3 Å². The maximum absolute atomic E-state index is 12.4.